The van der Waals surface area contributed by atoms with Crippen LogP contribution in [0.3, 0.4) is 0 Å². The van der Waals surface area contributed by atoms with Crippen LogP contribution in [0.15, 0.2) is 24.3 Å². The Kier molecular flexibility index (Phi) is 3.80. The minimum Gasteiger partial charge on any atom is -0.478 e. The van der Waals surface area contributed by atoms with Crippen LogP contribution in [0.4, 0.5) is 10.2 Å². The van der Waals surface area contributed by atoms with Crippen LogP contribution in [0.2, 0.25) is 5.02 Å². The molecule has 0 amide bonds. The van der Waals surface area contributed by atoms with Gasteiger partial charge in [-0.25, -0.2) is 9.18 Å². The van der Waals surface area contributed by atoms with E-state index in [1.54, 1.807) is 4.90 Å². The van der Waals surface area contributed by atoms with Crippen molar-refractivity contribution in [3.63, 3.8) is 0 Å². The van der Waals surface area contributed by atoms with Crippen molar-refractivity contribution < 1.29 is 23.8 Å². The predicted molar refractivity (Wildman–Crippen MR) is 89.6 cm³/mol. The quantitative estimate of drug-likeness (QED) is 0.821. The number of hydrogen-bond donors (Lipinski definition) is 1. The van der Waals surface area contributed by atoms with Crippen LogP contribution in [0.25, 0.3) is 11.3 Å². The Balaban J connectivity index is 1.66. The van der Waals surface area contributed by atoms with E-state index in [4.69, 9.17) is 16.3 Å². The van der Waals surface area contributed by atoms with E-state index in [1.807, 2.05) is 0 Å². The first-order valence-electron chi connectivity index (χ1n) is 7.84. The largest absolute Gasteiger partial charge is 0.478 e. The molecule has 0 radical (unpaired) electrons. The monoisotopic (exact) mass is 377 g/mol. The van der Waals surface area contributed by atoms with Gasteiger partial charge in [0.05, 0.1) is 17.5 Å². The van der Waals surface area contributed by atoms with Gasteiger partial charge in [0, 0.05) is 23.7 Å². The lowest BCUT2D eigenvalue weighted by molar-refractivity contribution is -0.137. The lowest BCUT2D eigenvalue weighted by atomic mass is 9.79. The molecule has 9 heteroatoms. The van der Waals surface area contributed by atoms with Crippen molar-refractivity contribution >= 4 is 29.4 Å². The van der Waals surface area contributed by atoms with Gasteiger partial charge in [-0.2, -0.15) is 0 Å². The highest BCUT2D eigenvalue weighted by atomic mass is 35.5. The van der Waals surface area contributed by atoms with Crippen LogP contribution in [0.1, 0.15) is 16.8 Å². The number of benzene rings is 1. The molecule has 0 unspecified atom stereocenters. The Bertz CT molecular complexity index is 930. The minimum atomic E-state index is -1.20. The predicted octanol–water partition coefficient (Wildman–Crippen LogP) is 2.39. The van der Waals surface area contributed by atoms with Crippen molar-refractivity contribution in [2.75, 3.05) is 24.6 Å². The number of carboxylic acid groups (broad SMARTS) is 1. The lowest BCUT2D eigenvalue weighted by Crippen LogP contribution is -2.57. The molecule has 1 aromatic carbocycles. The zero-order valence-electron chi connectivity index (χ0n) is 13.4. The van der Waals surface area contributed by atoms with Crippen LogP contribution < -0.4 is 4.90 Å². The molecule has 0 aliphatic carbocycles. The summed E-state index contributed by atoms with van der Waals surface area (Å²) < 4.78 is 19.0. The van der Waals surface area contributed by atoms with Crippen molar-refractivity contribution in [3.8, 4) is 11.3 Å². The Morgan fingerprint density at radius 3 is 2.73 bits per heavy atom. The molecule has 2 saturated heterocycles. The van der Waals surface area contributed by atoms with Crippen LogP contribution in [-0.2, 0) is 9.53 Å². The maximum absolute atomic E-state index is 14.0. The molecule has 2 fully saturated rings. The molecule has 4 rings (SSSR count). The van der Waals surface area contributed by atoms with Gasteiger partial charge < -0.3 is 14.7 Å². The Morgan fingerprint density at radius 2 is 2.08 bits per heavy atom. The van der Waals surface area contributed by atoms with Gasteiger partial charge in [-0.15, -0.1) is 10.2 Å². The third-order valence-electron chi connectivity index (χ3n) is 4.62. The second-order valence-electron chi connectivity index (χ2n) is 6.59. The Hall–Kier alpha value is -2.74. The first-order valence-corrected chi connectivity index (χ1v) is 8.22. The lowest BCUT2D eigenvalue weighted by Gasteiger charge is -2.46. The van der Waals surface area contributed by atoms with Gasteiger partial charge >= 0.3 is 11.9 Å². The topological polar surface area (TPSA) is 92.6 Å². The summed E-state index contributed by atoms with van der Waals surface area (Å²) in [5.41, 5.74) is -0.212. The van der Waals surface area contributed by atoms with Crippen molar-refractivity contribution in [2.24, 2.45) is 5.41 Å². The van der Waals surface area contributed by atoms with Crippen molar-refractivity contribution in [1.29, 1.82) is 0 Å². The zero-order valence-corrected chi connectivity index (χ0v) is 14.2. The fraction of sp³-hybridized carbons (Fsp3) is 0.294. The summed E-state index contributed by atoms with van der Waals surface area (Å²) in [5.74, 6) is -1.83. The number of aromatic carboxylic acids is 1. The first kappa shape index (κ1) is 16.7. The van der Waals surface area contributed by atoms with Crippen molar-refractivity contribution in [1.82, 2.24) is 10.2 Å². The number of carboxylic acids is 1. The number of esters is 1. The summed E-state index contributed by atoms with van der Waals surface area (Å²) in [6, 6.07) is 5.22. The fourth-order valence-electron chi connectivity index (χ4n) is 3.36. The Labute approximate surface area is 152 Å². The van der Waals surface area contributed by atoms with Crippen LogP contribution in [0, 0.1) is 11.2 Å². The molecule has 1 spiro atoms. The SMILES string of the molecule is O=C1CC2(CO1)CN(c1nnc(-c3cc(Cl)ccc3F)cc1C(=O)O)C2. The number of carbonyl (C=O) groups is 2. The molecule has 26 heavy (non-hydrogen) atoms. The van der Waals surface area contributed by atoms with Gasteiger partial charge in [0.1, 0.15) is 18.0 Å². The molecule has 1 aromatic heterocycles. The number of anilines is 1. The smallest absolute Gasteiger partial charge is 0.339 e. The van der Waals surface area contributed by atoms with Crippen molar-refractivity contribution in [2.45, 2.75) is 6.42 Å². The first-order chi connectivity index (χ1) is 12.4. The molecular weight excluding hydrogens is 365 g/mol. The summed E-state index contributed by atoms with van der Waals surface area (Å²) in [6.45, 7) is 1.24. The fourth-order valence-corrected chi connectivity index (χ4v) is 3.53. The molecule has 0 atom stereocenters. The summed E-state index contributed by atoms with van der Waals surface area (Å²) in [4.78, 5) is 24.7. The van der Waals surface area contributed by atoms with E-state index < -0.39 is 11.8 Å². The van der Waals surface area contributed by atoms with E-state index in [0.29, 0.717) is 31.1 Å². The number of ether oxygens (including phenoxy) is 1. The average molecular weight is 378 g/mol. The summed E-state index contributed by atoms with van der Waals surface area (Å²) in [6.07, 6.45) is 0.311. The minimum absolute atomic E-state index is 0.0777. The highest BCUT2D eigenvalue weighted by Gasteiger charge is 2.51. The van der Waals surface area contributed by atoms with Gasteiger partial charge in [-0.05, 0) is 24.3 Å². The summed E-state index contributed by atoms with van der Waals surface area (Å²) >= 11 is 5.88. The summed E-state index contributed by atoms with van der Waals surface area (Å²) in [7, 11) is 0. The van der Waals surface area contributed by atoms with E-state index in [2.05, 4.69) is 10.2 Å². The number of carbonyl (C=O) groups excluding carboxylic acids is 1. The number of rotatable bonds is 3. The van der Waals surface area contributed by atoms with Gasteiger partial charge in [0.2, 0.25) is 0 Å². The average Bonchev–Trinajstić information content (AvgIpc) is 2.97. The Morgan fingerprint density at radius 1 is 1.31 bits per heavy atom. The van der Waals surface area contributed by atoms with E-state index in [1.165, 1.54) is 24.3 Å². The normalized spacial score (nSPS) is 17.9. The molecule has 3 heterocycles. The second-order valence-corrected chi connectivity index (χ2v) is 7.03. The van der Waals surface area contributed by atoms with E-state index in [0.717, 1.165) is 0 Å². The summed E-state index contributed by atoms with van der Waals surface area (Å²) in [5, 5.41) is 17.8. The molecular formula is C17H13ClFN3O4. The molecule has 0 saturated carbocycles. The van der Waals surface area contributed by atoms with E-state index in [-0.39, 0.29) is 34.0 Å². The molecule has 1 N–H and O–H groups in total. The number of hydrogen-bond acceptors (Lipinski definition) is 6. The van der Waals surface area contributed by atoms with Crippen LogP contribution in [-0.4, -0.2) is 46.9 Å². The maximum atomic E-state index is 14.0. The molecule has 2 aliphatic heterocycles. The zero-order chi connectivity index (χ0) is 18.5. The number of halogens is 2. The molecule has 2 aromatic rings. The molecule has 0 bridgehead atoms. The number of nitrogens with zero attached hydrogens (tertiary/aromatic N) is 3. The molecule has 7 nitrogen and oxygen atoms in total. The van der Waals surface area contributed by atoms with E-state index in [9.17, 15) is 19.1 Å². The van der Waals surface area contributed by atoms with E-state index >= 15 is 0 Å². The third kappa shape index (κ3) is 2.76. The second kappa shape index (κ2) is 5.91. The van der Waals surface area contributed by atoms with Gasteiger partial charge in [0.25, 0.3) is 0 Å². The highest BCUT2D eigenvalue weighted by molar-refractivity contribution is 6.30. The molecule has 134 valence electrons. The van der Waals surface area contributed by atoms with Crippen molar-refractivity contribution in [3.05, 3.63) is 40.7 Å². The standard InChI is InChI=1S/C17H13ClFN3O4/c18-9-1-2-12(19)10(3-9)13-4-11(16(24)25)15(21-20-13)22-6-17(7-22)5-14(23)26-8-17/h1-4H,5-8H2,(H,24,25). The maximum Gasteiger partial charge on any atom is 0.339 e. The third-order valence-corrected chi connectivity index (χ3v) is 4.86. The highest BCUT2D eigenvalue weighted by Crippen LogP contribution is 2.41. The molecule has 2 aliphatic rings. The van der Waals surface area contributed by atoms with Crippen LogP contribution >= 0.6 is 11.6 Å². The number of aromatic nitrogens is 2. The van der Waals surface area contributed by atoms with Gasteiger partial charge in [0.15, 0.2) is 5.82 Å². The van der Waals surface area contributed by atoms with Gasteiger partial charge in [-0.1, -0.05) is 11.6 Å². The van der Waals surface area contributed by atoms with Gasteiger partial charge in [-0.3, -0.25) is 4.79 Å². The number of cyclic esters (lactones) is 1. The van der Waals surface area contributed by atoms with Crippen LogP contribution in [0.5, 0.6) is 0 Å².